The lowest BCUT2D eigenvalue weighted by atomic mass is 10.3. The predicted molar refractivity (Wildman–Crippen MR) is 127 cm³/mol. The molecule has 0 bridgehead atoms. The Balaban J connectivity index is 0.00000300. The van der Waals surface area contributed by atoms with Crippen molar-refractivity contribution in [3.8, 4) is 0 Å². The molecule has 1 aliphatic heterocycles. The predicted octanol–water partition coefficient (Wildman–Crippen LogP) is 1.10. The van der Waals surface area contributed by atoms with Gasteiger partial charge in [-0.3, -0.25) is 9.58 Å². The maximum Gasteiger partial charge on any atom is 0.225 e. The zero-order chi connectivity index (χ0) is 19.6. The third-order valence-corrected chi connectivity index (χ3v) is 4.82. The highest BCUT2D eigenvalue weighted by Gasteiger charge is 2.18. The molecule has 3 rings (SSSR count). The second-order valence-electron chi connectivity index (χ2n) is 6.80. The van der Waals surface area contributed by atoms with E-state index in [0.29, 0.717) is 6.54 Å². The summed E-state index contributed by atoms with van der Waals surface area (Å²) < 4.78 is 1.85. The molecule has 2 aromatic rings. The fourth-order valence-electron chi connectivity index (χ4n) is 3.19. The number of aryl methyl sites for hydroxylation is 1. The molecule has 0 unspecified atom stereocenters. The summed E-state index contributed by atoms with van der Waals surface area (Å²) in [5.74, 6) is 1.69. The van der Waals surface area contributed by atoms with Crippen LogP contribution < -0.4 is 15.5 Å². The van der Waals surface area contributed by atoms with Crippen molar-refractivity contribution in [2.75, 3.05) is 50.7 Å². The standard InChI is InChI=1S/C19H31N9.HI/c1-3-20-18(24-16-17-6-10-25-26(17)2)21-9-5-11-27-12-14-28(15-13-27)19-22-7-4-8-23-19;/h4,6-8,10H,3,5,9,11-16H2,1-2H3,(H2,20,21,24);1H. The molecule has 1 saturated heterocycles. The third kappa shape index (κ3) is 7.42. The van der Waals surface area contributed by atoms with E-state index < -0.39 is 0 Å². The van der Waals surface area contributed by atoms with Gasteiger partial charge in [-0.25, -0.2) is 15.0 Å². The zero-order valence-electron chi connectivity index (χ0n) is 17.3. The fraction of sp³-hybridized carbons (Fsp3) is 0.579. The topological polar surface area (TPSA) is 86.5 Å². The zero-order valence-corrected chi connectivity index (χ0v) is 19.6. The van der Waals surface area contributed by atoms with Gasteiger partial charge in [-0.15, -0.1) is 24.0 Å². The summed E-state index contributed by atoms with van der Waals surface area (Å²) in [6.07, 6.45) is 6.49. The number of anilines is 1. The van der Waals surface area contributed by atoms with Crippen LogP contribution >= 0.6 is 24.0 Å². The first-order chi connectivity index (χ1) is 13.8. The molecule has 0 aromatic carbocycles. The number of hydrogen-bond acceptors (Lipinski definition) is 6. The summed E-state index contributed by atoms with van der Waals surface area (Å²) in [4.78, 5) is 18.1. The van der Waals surface area contributed by atoms with Gasteiger partial charge in [0.15, 0.2) is 5.96 Å². The second-order valence-corrected chi connectivity index (χ2v) is 6.80. The van der Waals surface area contributed by atoms with Gasteiger partial charge in [0, 0.05) is 64.9 Å². The molecule has 1 fully saturated rings. The molecule has 0 atom stereocenters. The third-order valence-electron chi connectivity index (χ3n) is 4.82. The molecule has 10 heteroatoms. The van der Waals surface area contributed by atoms with Crippen molar-refractivity contribution in [2.24, 2.45) is 12.0 Å². The van der Waals surface area contributed by atoms with Crippen LogP contribution in [-0.2, 0) is 13.6 Å². The maximum atomic E-state index is 4.64. The van der Waals surface area contributed by atoms with E-state index in [1.165, 1.54) is 0 Å². The quantitative estimate of drug-likeness (QED) is 0.237. The van der Waals surface area contributed by atoms with E-state index in [9.17, 15) is 0 Å². The first-order valence-electron chi connectivity index (χ1n) is 9.99. The summed E-state index contributed by atoms with van der Waals surface area (Å²) in [7, 11) is 1.94. The van der Waals surface area contributed by atoms with E-state index >= 15 is 0 Å². The first-order valence-corrected chi connectivity index (χ1v) is 9.99. The summed E-state index contributed by atoms with van der Waals surface area (Å²) in [6, 6.07) is 3.85. The average Bonchev–Trinajstić information content (AvgIpc) is 3.15. The van der Waals surface area contributed by atoms with Crippen LogP contribution in [0.4, 0.5) is 5.95 Å². The van der Waals surface area contributed by atoms with Crippen LogP contribution in [0.2, 0.25) is 0 Å². The molecule has 0 spiro atoms. The Morgan fingerprint density at radius 2 is 1.86 bits per heavy atom. The summed E-state index contributed by atoms with van der Waals surface area (Å²) in [5.41, 5.74) is 1.09. The molecule has 3 heterocycles. The molecule has 1 aliphatic rings. The van der Waals surface area contributed by atoms with Crippen LogP contribution in [0, 0.1) is 0 Å². The van der Waals surface area contributed by atoms with Crippen LogP contribution in [0.15, 0.2) is 35.7 Å². The molecule has 160 valence electrons. The number of hydrogen-bond donors (Lipinski definition) is 2. The Morgan fingerprint density at radius 3 is 2.52 bits per heavy atom. The minimum Gasteiger partial charge on any atom is -0.357 e. The molecule has 0 amide bonds. The average molecular weight is 513 g/mol. The molecule has 2 N–H and O–H groups in total. The van der Waals surface area contributed by atoms with Gasteiger partial charge in [-0.2, -0.15) is 5.10 Å². The molecule has 0 radical (unpaired) electrons. The Labute approximate surface area is 190 Å². The van der Waals surface area contributed by atoms with Crippen LogP contribution in [0.25, 0.3) is 0 Å². The maximum absolute atomic E-state index is 4.64. The highest BCUT2D eigenvalue weighted by molar-refractivity contribution is 14.0. The lowest BCUT2D eigenvalue weighted by Gasteiger charge is -2.34. The number of aromatic nitrogens is 4. The van der Waals surface area contributed by atoms with Crippen LogP contribution in [-0.4, -0.2) is 76.4 Å². The molecule has 0 saturated carbocycles. The van der Waals surface area contributed by atoms with Gasteiger partial charge in [0.1, 0.15) is 0 Å². The lowest BCUT2D eigenvalue weighted by Crippen LogP contribution is -2.47. The van der Waals surface area contributed by atoms with Crippen molar-refractivity contribution in [2.45, 2.75) is 19.9 Å². The summed E-state index contributed by atoms with van der Waals surface area (Å²) in [6.45, 7) is 9.59. The monoisotopic (exact) mass is 513 g/mol. The van der Waals surface area contributed by atoms with E-state index in [1.807, 2.05) is 23.9 Å². The van der Waals surface area contributed by atoms with Crippen molar-refractivity contribution in [1.82, 2.24) is 35.3 Å². The largest absolute Gasteiger partial charge is 0.357 e. The van der Waals surface area contributed by atoms with E-state index in [4.69, 9.17) is 0 Å². The van der Waals surface area contributed by atoms with Crippen molar-refractivity contribution < 1.29 is 0 Å². The van der Waals surface area contributed by atoms with E-state index in [-0.39, 0.29) is 24.0 Å². The van der Waals surface area contributed by atoms with Gasteiger partial charge in [0.2, 0.25) is 5.95 Å². The van der Waals surface area contributed by atoms with E-state index in [2.05, 4.69) is 47.4 Å². The van der Waals surface area contributed by atoms with Crippen LogP contribution in [0.5, 0.6) is 0 Å². The molecule has 2 aromatic heterocycles. The number of halogens is 1. The Bertz CT molecular complexity index is 726. The minimum absolute atomic E-state index is 0. The van der Waals surface area contributed by atoms with Crippen LogP contribution in [0.3, 0.4) is 0 Å². The number of rotatable bonds is 8. The van der Waals surface area contributed by atoms with Crippen molar-refractivity contribution in [1.29, 1.82) is 0 Å². The van der Waals surface area contributed by atoms with Gasteiger partial charge in [0.25, 0.3) is 0 Å². The van der Waals surface area contributed by atoms with E-state index in [1.54, 1.807) is 18.6 Å². The SMILES string of the molecule is CCNC(=NCc1ccnn1C)NCCCN1CCN(c2ncccn2)CC1.I. The van der Waals surface area contributed by atoms with Crippen molar-refractivity contribution in [3.05, 3.63) is 36.4 Å². The number of piperazine rings is 1. The van der Waals surface area contributed by atoms with Gasteiger partial charge < -0.3 is 15.5 Å². The fourth-order valence-corrected chi connectivity index (χ4v) is 3.19. The number of nitrogens with zero attached hydrogens (tertiary/aromatic N) is 7. The molecular weight excluding hydrogens is 481 g/mol. The van der Waals surface area contributed by atoms with Crippen LogP contribution in [0.1, 0.15) is 19.0 Å². The minimum atomic E-state index is 0. The number of aliphatic imine (C=N–C) groups is 1. The van der Waals surface area contributed by atoms with Gasteiger partial charge in [0.05, 0.1) is 12.2 Å². The smallest absolute Gasteiger partial charge is 0.225 e. The highest BCUT2D eigenvalue weighted by Crippen LogP contribution is 2.09. The molecule has 9 nitrogen and oxygen atoms in total. The Hall–Kier alpha value is -1.95. The van der Waals surface area contributed by atoms with Gasteiger partial charge in [-0.05, 0) is 32.0 Å². The van der Waals surface area contributed by atoms with Crippen molar-refractivity contribution >= 4 is 35.9 Å². The number of guanidine groups is 1. The molecule has 0 aliphatic carbocycles. The lowest BCUT2D eigenvalue weighted by molar-refractivity contribution is 0.254. The molecule has 29 heavy (non-hydrogen) atoms. The normalized spacial score (nSPS) is 15.1. The Morgan fingerprint density at radius 1 is 1.10 bits per heavy atom. The van der Waals surface area contributed by atoms with E-state index in [0.717, 1.165) is 69.8 Å². The second kappa shape index (κ2) is 12.6. The highest BCUT2D eigenvalue weighted by atomic mass is 127. The van der Waals surface area contributed by atoms with Gasteiger partial charge >= 0.3 is 0 Å². The summed E-state index contributed by atoms with van der Waals surface area (Å²) >= 11 is 0. The first kappa shape index (κ1) is 23.3. The molecular formula is C19H32IN9. The summed E-state index contributed by atoms with van der Waals surface area (Å²) in [5, 5.41) is 10.9. The van der Waals surface area contributed by atoms with Crippen molar-refractivity contribution in [3.63, 3.8) is 0 Å². The number of nitrogens with one attached hydrogen (secondary N) is 2. The Kier molecular flexibility index (Phi) is 10.1. The van der Waals surface area contributed by atoms with Gasteiger partial charge in [-0.1, -0.05) is 0 Å².